The van der Waals surface area contributed by atoms with Crippen molar-refractivity contribution in [1.29, 1.82) is 0 Å². The fourth-order valence-electron chi connectivity index (χ4n) is 2.06. The molecule has 1 heterocycles. The van der Waals surface area contributed by atoms with Crippen molar-refractivity contribution in [2.24, 2.45) is 0 Å². The van der Waals surface area contributed by atoms with Gasteiger partial charge in [-0.1, -0.05) is 0 Å². The van der Waals surface area contributed by atoms with E-state index in [1.54, 1.807) is 10.9 Å². The molecule has 31 heavy (non-hydrogen) atoms. The molecular weight excluding hydrogens is 446 g/mol. The number of hydrogen-bond acceptors (Lipinski definition) is 9. The van der Waals surface area contributed by atoms with Gasteiger partial charge >= 0.3 is 28.4 Å². The fourth-order valence-corrected chi connectivity index (χ4v) is 2.67. The first-order valence-electron chi connectivity index (χ1n) is 7.92. The number of imide groups is 1. The van der Waals surface area contributed by atoms with Gasteiger partial charge in [-0.15, -0.1) is 4.83 Å². The standard InChI is InChI=1S/C13H15N7O10S/c21-7-2-1-5(3-8(7)22)9(23)15-16-11(25)17-19-31(29,30)18-12(26)20-4-6(10(20)24)14-13(27)28/h1-3,6,14,19,21-22H,4H2,(H,15,23)(H,18,26)(H,27,28)(H2,16,17,25). The number of β-lactam (4-membered cyclic amide) rings is 1. The number of likely N-dealkylation sites (tertiary alicyclic amines) is 1. The highest BCUT2D eigenvalue weighted by Gasteiger charge is 2.42. The molecule has 168 valence electrons. The number of carboxylic acid groups (broad SMARTS) is 1. The number of hydrogen-bond donors (Lipinski definition) is 9. The van der Waals surface area contributed by atoms with Crippen LogP contribution in [0.25, 0.3) is 0 Å². The summed E-state index contributed by atoms with van der Waals surface area (Å²) in [6.45, 7) is -0.404. The summed E-state index contributed by atoms with van der Waals surface area (Å²) >= 11 is 0. The zero-order valence-corrected chi connectivity index (χ0v) is 15.9. The van der Waals surface area contributed by atoms with E-state index in [9.17, 15) is 37.5 Å². The Morgan fingerprint density at radius 1 is 1.03 bits per heavy atom. The Morgan fingerprint density at radius 2 is 1.71 bits per heavy atom. The molecule has 1 aromatic carbocycles. The number of carbonyl (C=O) groups is 5. The highest BCUT2D eigenvalue weighted by Crippen LogP contribution is 2.24. The number of phenols is 2. The summed E-state index contributed by atoms with van der Waals surface area (Å²) in [4.78, 5) is 58.9. The molecule has 1 aromatic rings. The van der Waals surface area contributed by atoms with Gasteiger partial charge in [0.1, 0.15) is 6.04 Å². The van der Waals surface area contributed by atoms with Crippen molar-refractivity contribution in [1.82, 2.24) is 36.0 Å². The van der Waals surface area contributed by atoms with E-state index in [1.807, 2.05) is 10.7 Å². The van der Waals surface area contributed by atoms with Gasteiger partial charge in [0.05, 0.1) is 6.54 Å². The quantitative estimate of drug-likeness (QED) is 0.122. The van der Waals surface area contributed by atoms with E-state index >= 15 is 0 Å². The molecule has 0 aliphatic carbocycles. The van der Waals surface area contributed by atoms with Gasteiger partial charge in [-0.2, -0.15) is 8.42 Å². The first-order chi connectivity index (χ1) is 14.4. The number of carbonyl (C=O) groups excluding carboxylic acids is 4. The maximum Gasteiger partial charge on any atom is 0.405 e. The summed E-state index contributed by atoms with van der Waals surface area (Å²) in [6, 6.07) is -0.846. The lowest BCUT2D eigenvalue weighted by molar-refractivity contribution is -0.138. The maximum atomic E-state index is 11.8. The second kappa shape index (κ2) is 9.00. The van der Waals surface area contributed by atoms with E-state index in [0.29, 0.717) is 4.90 Å². The number of phenolic OH excluding ortho intramolecular Hbond substituents is 2. The van der Waals surface area contributed by atoms with Gasteiger partial charge < -0.3 is 20.6 Å². The van der Waals surface area contributed by atoms with Crippen LogP contribution in [0, 0.1) is 0 Å². The van der Waals surface area contributed by atoms with Crippen LogP contribution in [-0.4, -0.2) is 71.2 Å². The minimum atomic E-state index is -4.69. The van der Waals surface area contributed by atoms with Crippen LogP contribution in [0.2, 0.25) is 0 Å². The zero-order chi connectivity index (χ0) is 23.3. The number of nitrogens with zero attached hydrogens (tertiary/aromatic N) is 1. The Kier molecular flexibility index (Phi) is 6.67. The van der Waals surface area contributed by atoms with Crippen molar-refractivity contribution in [3.05, 3.63) is 23.8 Å². The van der Waals surface area contributed by atoms with E-state index in [4.69, 9.17) is 10.2 Å². The summed E-state index contributed by atoms with van der Waals surface area (Å²) in [7, 11) is -4.69. The van der Waals surface area contributed by atoms with Crippen molar-refractivity contribution < 1.29 is 47.7 Å². The first kappa shape index (κ1) is 23.0. The molecule has 2 rings (SSSR count). The molecule has 1 atom stereocenters. The second-order valence-electron chi connectivity index (χ2n) is 5.70. The summed E-state index contributed by atoms with van der Waals surface area (Å²) in [6.07, 6.45) is -1.50. The SMILES string of the molecule is O=C(O)NC1CN(C(=O)NS(=O)(=O)NNC(=O)NNC(=O)c2ccc(O)c(O)c2)C1=O. The molecule has 0 spiro atoms. The lowest BCUT2D eigenvalue weighted by atomic mass is 10.1. The van der Waals surface area contributed by atoms with Crippen LogP contribution < -0.4 is 31.1 Å². The van der Waals surface area contributed by atoms with Gasteiger partial charge in [0.25, 0.3) is 11.8 Å². The molecule has 0 bridgehead atoms. The molecule has 17 nitrogen and oxygen atoms in total. The molecule has 1 unspecified atom stereocenters. The van der Waals surface area contributed by atoms with E-state index in [2.05, 4.69) is 0 Å². The molecule has 0 saturated carbocycles. The number of urea groups is 2. The van der Waals surface area contributed by atoms with Crippen LogP contribution in [0.5, 0.6) is 11.5 Å². The first-order valence-corrected chi connectivity index (χ1v) is 9.40. The van der Waals surface area contributed by atoms with E-state index in [-0.39, 0.29) is 5.56 Å². The number of aromatic hydroxyl groups is 2. The van der Waals surface area contributed by atoms with E-state index in [1.165, 1.54) is 9.55 Å². The van der Waals surface area contributed by atoms with Crippen molar-refractivity contribution in [2.45, 2.75) is 6.04 Å². The third-order valence-corrected chi connectivity index (χ3v) is 4.33. The molecule has 1 fully saturated rings. The van der Waals surface area contributed by atoms with Crippen LogP contribution >= 0.6 is 0 Å². The third kappa shape index (κ3) is 6.08. The normalized spacial score (nSPS) is 15.3. The van der Waals surface area contributed by atoms with Crippen molar-refractivity contribution >= 4 is 40.2 Å². The van der Waals surface area contributed by atoms with Crippen LogP contribution in [0.4, 0.5) is 14.4 Å². The molecule has 1 aliphatic rings. The molecule has 1 aliphatic heterocycles. The number of nitrogens with one attached hydrogen (secondary N) is 6. The molecule has 0 radical (unpaired) electrons. The van der Waals surface area contributed by atoms with Gasteiger partial charge in [-0.05, 0) is 18.2 Å². The van der Waals surface area contributed by atoms with Gasteiger partial charge in [0.15, 0.2) is 11.5 Å². The molecular formula is C13H15N7O10S. The highest BCUT2D eigenvalue weighted by atomic mass is 32.2. The van der Waals surface area contributed by atoms with Gasteiger partial charge in [-0.25, -0.2) is 24.5 Å². The lowest BCUT2D eigenvalue weighted by Gasteiger charge is -2.35. The van der Waals surface area contributed by atoms with Gasteiger partial charge in [-0.3, -0.25) is 25.3 Å². The summed E-state index contributed by atoms with van der Waals surface area (Å²) in [5.41, 5.74) is 5.04. The molecule has 7 amide bonds. The van der Waals surface area contributed by atoms with Gasteiger partial charge in [0, 0.05) is 5.56 Å². The van der Waals surface area contributed by atoms with Crippen molar-refractivity contribution in [3.8, 4) is 11.5 Å². The van der Waals surface area contributed by atoms with E-state index < -0.39 is 64.3 Å². The summed E-state index contributed by atoms with van der Waals surface area (Å²) < 4.78 is 24.8. The number of hydrazine groups is 2. The molecule has 18 heteroatoms. The monoisotopic (exact) mass is 461 g/mol. The minimum Gasteiger partial charge on any atom is -0.504 e. The summed E-state index contributed by atoms with van der Waals surface area (Å²) in [5, 5.41) is 28.8. The highest BCUT2D eigenvalue weighted by molar-refractivity contribution is 7.88. The van der Waals surface area contributed by atoms with Crippen molar-refractivity contribution in [3.63, 3.8) is 0 Å². The number of amides is 7. The molecule has 9 N–H and O–H groups in total. The Hall–Kier alpha value is -4.32. The maximum absolute atomic E-state index is 11.8. The Balaban J connectivity index is 1.77. The Labute approximate surface area is 172 Å². The van der Waals surface area contributed by atoms with Crippen LogP contribution in [-0.2, 0) is 15.0 Å². The van der Waals surface area contributed by atoms with Crippen LogP contribution in [0.1, 0.15) is 10.4 Å². The molecule has 0 aromatic heterocycles. The van der Waals surface area contributed by atoms with Gasteiger partial charge in [0.2, 0.25) is 0 Å². The third-order valence-electron chi connectivity index (χ3n) is 3.52. The largest absolute Gasteiger partial charge is 0.504 e. The fraction of sp³-hybridized carbons (Fsp3) is 0.154. The van der Waals surface area contributed by atoms with Crippen LogP contribution in [0.15, 0.2) is 18.2 Å². The topological polar surface area (TPSA) is 256 Å². The summed E-state index contributed by atoms with van der Waals surface area (Å²) in [5.74, 6) is -2.98. The number of benzene rings is 1. The Bertz CT molecular complexity index is 1040. The van der Waals surface area contributed by atoms with E-state index in [0.717, 1.165) is 18.2 Å². The van der Waals surface area contributed by atoms with Crippen LogP contribution in [0.3, 0.4) is 0 Å². The molecule has 1 saturated heterocycles. The lowest BCUT2D eigenvalue weighted by Crippen LogP contribution is -2.68. The average molecular weight is 461 g/mol. The predicted molar refractivity (Wildman–Crippen MR) is 96.2 cm³/mol. The Morgan fingerprint density at radius 3 is 2.29 bits per heavy atom. The minimum absolute atomic E-state index is 0.154. The zero-order valence-electron chi connectivity index (χ0n) is 15.1. The van der Waals surface area contributed by atoms with Crippen molar-refractivity contribution in [2.75, 3.05) is 6.54 Å². The predicted octanol–water partition coefficient (Wildman–Crippen LogP) is -3.02. The number of rotatable bonds is 5. The second-order valence-corrected chi connectivity index (χ2v) is 7.12. The smallest absolute Gasteiger partial charge is 0.405 e. The average Bonchev–Trinajstić information content (AvgIpc) is 2.68.